The summed E-state index contributed by atoms with van der Waals surface area (Å²) in [4.78, 5) is 11.1. The molecular weight excluding hydrogens is 206 g/mol. The highest BCUT2D eigenvalue weighted by atomic mass is 35.5. The Morgan fingerprint density at radius 3 is 2.92 bits per heavy atom. The Labute approximate surface area is 86.9 Å². The minimum atomic E-state index is 0.0144. The van der Waals surface area contributed by atoms with Gasteiger partial charge in [-0.1, -0.05) is 0 Å². The standard InChI is InChI=1S/C9H12ClNOS/c1-7-5-13-6-8(7)4-11-9(12)2-3-10/h5-6H,2-4H2,1H3,(H,11,12). The zero-order chi connectivity index (χ0) is 9.68. The summed E-state index contributed by atoms with van der Waals surface area (Å²) < 4.78 is 0. The quantitative estimate of drug-likeness (QED) is 0.771. The molecule has 0 bridgehead atoms. The van der Waals surface area contributed by atoms with Gasteiger partial charge in [0.2, 0.25) is 5.91 Å². The van der Waals surface area contributed by atoms with Crippen LogP contribution in [0.4, 0.5) is 0 Å². The van der Waals surface area contributed by atoms with E-state index in [-0.39, 0.29) is 5.91 Å². The zero-order valence-electron chi connectivity index (χ0n) is 7.47. The summed E-state index contributed by atoms with van der Waals surface area (Å²) in [6.07, 6.45) is 0.394. The summed E-state index contributed by atoms with van der Waals surface area (Å²) in [6, 6.07) is 0. The Morgan fingerprint density at radius 1 is 1.62 bits per heavy atom. The number of nitrogens with one attached hydrogen (secondary N) is 1. The van der Waals surface area contributed by atoms with Crippen LogP contribution in [0, 0.1) is 6.92 Å². The molecule has 1 amide bonds. The van der Waals surface area contributed by atoms with Crippen LogP contribution in [0.15, 0.2) is 10.8 Å². The molecule has 2 nitrogen and oxygen atoms in total. The lowest BCUT2D eigenvalue weighted by Gasteiger charge is -2.02. The van der Waals surface area contributed by atoms with E-state index in [2.05, 4.69) is 16.1 Å². The molecular formula is C9H12ClNOS. The van der Waals surface area contributed by atoms with E-state index in [1.54, 1.807) is 11.3 Å². The molecule has 0 aliphatic carbocycles. The van der Waals surface area contributed by atoms with Crippen molar-refractivity contribution in [2.75, 3.05) is 5.88 Å². The van der Waals surface area contributed by atoms with E-state index in [0.29, 0.717) is 18.8 Å². The fourth-order valence-corrected chi connectivity index (χ4v) is 1.96. The molecule has 0 saturated carbocycles. The lowest BCUT2D eigenvalue weighted by Crippen LogP contribution is -2.22. The van der Waals surface area contributed by atoms with Gasteiger partial charge in [0.25, 0.3) is 0 Å². The van der Waals surface area contributed by atoms with E-state index >= 15 is 0 Å². The number of thiophene rings is 1. The smallest absolute Gasteiger partial charge is 0.221 e. The van der Waals surface area contributed by atoms with Crippen molar-refractivity contribution in [3.8, 4) is 0 Å². The van der Waals surface area contributed by atoms with Crippen LogP contribution in [0.25, 0.3) is 0 Å². The van der Waals surface area contributed by atoms with Gasteiger partial charge >= 0.3 is 0 Å². The third-order valence-electron chi connectivity index (χ3n) is 1.76. The average Bonchev–Trinajstić information content (AvgIpc) is 2.48. The third-order valence-corrected chi connectivity index (χ3v) is 2.86. The maximum Gasteiger partial charge on any atom is 0.221 e. The van der Waals surface area contributed by atoms with Gasteiger partial charge in [0, 0.05) is 18.8 Å². The van der Waals surface area contributed by atoms with Crippen LogP contribution >= 0.6 is 22.9 Å². The van der Waals surface area contributed by atoms with Crippen LogP contribution in [0.3, 0.4) is 0 Å². The lowest BCUT2D eigenvalue weighted by molar-refractivity contribution is -0.120. The van der Waals surface area contributed by atoms with Crippen molar-refractivity contribution >= 4 is 28.8 Å². The molecule has 0 aromatic carbocycles. The first-order valence-corrected chi connectivity index (χ1v) is 5.56. The van der Waals surface area contributed by atoms with E-state index in [9.17, 15) is 4.79 Å². The van der Waals surface area contributed by atoms with Gasteiger partial charge in [-0.15, -0.1) is 11.6 Å². The molecule has 1 heterocycles. The molecule has 72 valence electrons. The van der Waals surface area contributed by atoms with Crippen molar-refractivity contribution in [2.24, 2.45) is 0 Å². The Morgan fingerprint density at radius 2 is 2.38 bits per heavy atom. The van der Waals surface area contributed by atoms with E-state index in [1.807, 2.05) is 6.92 Å². The van der Waals surface area contributed by atoms with Crippen LogP contribution in [-0.4, -0.2) is 11.8 Å². The molecule has 0 aliphatic heterocycles. The van der Waals surface area contributed by atoms with Crippen molar-refractivity contribution < 1.29 is 4.79 Å². The van der Waals surface area contributed by atoms with Gasteiger partial charge in [-0.25, -0.2) is 0 Å². The Bertz CT molecular complexity index is 285. The van der Waals surface area contributed by atoms with Crippen LogP contribution in [-0.2, 0) is 11.3 Å². The molecule has 1 N–H and O–H groups in total. The predicted octanol–water partition coefficient (Wildman–Crippen LogP) is 2.30. The molecule has 1 aromatic rings. The first kappa shape index (κ1) is 10.5. The van der Waals surface area contributed by atoms with E-state index < -0.39 is 0 Å². The third kappa shape index (κ3) is 3.36. The fraction of sp³-hybridized carbons (Fsp3) is 0.444. The topological polar surface area (TPSA) is 29.1 Å². The normalized spacial score (nSPS) is 10.0. The molecule has 0 atom stereocenters. The van der Waals surface area contributed by atoms with Gasteiger partial charge in [0.1, 0.15) is 0 Å². The number of amides is 1. The summed E-state index contributed by atoms with van der Waals surface area (Å²) >= 11 is 7.08. The van der Waals surface area contributed by atoms with Crippen LogP contribution < -0.4 is 5.32 Å². The summed E-state index contributed by atoms with van der Waals surface area (Å²) in [6.45, 7) is 2.66. The second-order valence-corrected chi connectivity index (χ2v) is 3.92. The van der Waals surface area contributed by atoms with Gasteiger partial charge in [-0.2, -0.15) is 11.3 Å². The molecule has 0 radical (unpaired) electrons. The number of aryl methyl sites for hydroxylation is 1. The Balaban J connectivity index is 2.35. The van der Waals surface area contributed by atoms with Crippen molar-refractivity contribution in [1.29, 1.82) is 0 Å². The monoisotopic (exact) mass is 217 g/mol. The Hall–Kier alpha value is -0.540. The first-order valence-electron chi connectivity index (χ1n) is 4.08. The molecule has 13 heavy (non-hydrogen) atoms. The van der Waals surface area contributed by atoms with Gasteiger partial charge < -0.3 is 5.32 Å². The summed E-state index contributed by atoms with van der Waals surface area (Å²) in [5.74, 6) is 0.398. The SMILES string of the molecule is Cc1cscc1CNC(=O)CCCl. The molecule has 0 unspecified atom stereocenters. The second-order valence-electron chi connectivity index (χ2n) is 2.80. The maximum atomic E-state index is 11.1. The molecule has 0 saturated heterocycles. The van der Waals surface area contributed by atoms with Gasteiger partial charge in [-0.3, -0.25) is 4.79 Å². The van der Waals surface area contributed by atoms with Crippen LogP contribution in [0.5, 0.6) is 0 Å². The number of halogens is 1. The zero-order valence-corrected chi connectivity index (χ0v) is 9.04. The summed E-state index contributed by atoms with van der Waals surface area (Å²) in [7, 11) is 0. The number of carbonyl (C=O) groups is 1. The summed E-state index contributed by atoms with van der Waals surface area (Å²) in [5, 5.41) is 6.93. The number of rotatable bonds is 4. The maximum absolute atomic E-state index is 11.1. The second kappa shape index (κ2) is 5.25. The number of carbonyl (C=O) groups excluding carboxylic acids is 1. The van der Waals surface area contributed by atoms with Gasteiger partial charge in [0.05, 0.1) is 0 Å². The molecule has 4 heteroatoms. The Kier molecular flexibility index (Phi) is 4.25. The summed E-state index contributed by atoms with van der Waals surface area (Å²) in [5.41, 5.74) is 2.42. The first-order chi connectivity index (χ1) is 6.24. The van der Waals surface area contributed by atoms with E-state index in [0.717, 1.165) is 0 Å². The highest BCUT2D eigenvalue weighted by Crippen LogP contribution is 2.12. The lowest BCUT2D eigenvalue weighted by atomic mass is 10.2. The van der Waals surface area contributed by atoms with Gasteiger partial charge in [-0.05, 0) is 28.8 Å². The van der Waals surface area contributed by atoms with Crippen molar-refractivity contribution in [3.63, 3.8) is 0 Å². The number of hydrogen-bond acceptors (Lipinski definition) is 2. The molecule has 1 aromatic heterocycles. The average molecular weight is 218 g/mol. The predicted molar refractivity (Wildman–Crippen MR) is 56.2 cm³/mol. The minimum Gasteiger partial charge on any atom is -0.352 e. The van der Waals surface area contributed by atoms with Crippen LogP contribution in [0.2, 0.25) is 0 Å². The van der Waals surface area contributed by atoms with E-state index in [1.165, 1.54) is 11.1 Å². The highest BCUT2D eigenvalue weighted by Gasteiger charge is 2.02. The van der Waals surface area contributed by atoms with Gasteiger partial charge in [0.15, 0.2) is 0 Å². The molecule has 0 fully saturated rings. The fourth-order valence-electron chi connectivity index (χ4n) is 0.936. The largest absolute Gasteiger partial charge is 0.352 e. The van der Waals surface area contributed by atoms with Crippen molar-refractivity contribution in [1.82, 2.24) is 5.32 Å². The number of alkyl halides is 1. The molecule has 0 spiro atoms. The molecule has 1 rings (SSSR count). The highest BCUT2D eigenvalue weighted by molar-refractivity contribution is 7.08. The van der Waals surface area contributed by atoms with Crippen molar-refractivity contribution in [2.45, 2.75) is 19.9 Å². The minimum absolute atomic E-state index is 0.0144. The molecule has 0 aliphatic rings. The number of hydrogen-bond donors (Lipinski definition) is 1. The van der Waals surface area contributed by atoms with Crippen molar-refractivity contribution in [3.05, 3.63) is 21.9 Å². The van der Waals surface area contributed by atoms with Crippen LogP contribution in [0.1, 0.15) is 17.5 Å². The van der Waals surface area contributed by atoms with E-state index in [4.69, 9.17) is 11.6 Å².